The van der Waals surface area contributed by atoms with Crippen LogP contribution in [0.25, 0.3) is 0 Å². The van der Waals surface area contributed by atoms with Crippen LogP contribution in [-0.4, -0.2) is 14.1 Å². The maximum Gasteiger partial charge on any atom is 0.105 e. The average molecular weight is 258 g/mol. The summed E-state index contributed by atoms with van der Waals surface area (Å²) in [5.41, 5.74) is 3.75. The molecule has 0 fully saturated rings. The number of nitrogens with zero attached hydrogens (tertiary/aromatic N) is 1. The van der Waals surface area contributed by atoms with Crippen LogP contribution in [0.3, 0.4) is 0 Å². The van der Waals surface area contributed by atoms with Crippen LogP contribution in [-0.2, 0) is 6.54 Å². The van der Waals surface area contributed by atoms with Gasteiger partial charge in [-0.1, -0.05) is 12.1 Å². The Morgan fingerprint density at radius 2 is 1.89 bits per heavy atom. The fourth-order valence-electron chi connectivity index (χ4n) is 2.11. The smallest absolute Gasteiger partial charge is 0.105 e. The van der Waals surface area contributed by atoms with Crippen molar-refractivity contribution in [3.05, 3.63) is 53.5 Å². The zero-order valence-corrected chi connectivity index (χ0v) is 12.1. The van der Waals surface area contributed by atoms with E-state index in [1.54, 1.807) is 6.26 Å². The van der Waals surface area contributed by atoms with Gasteiger partial charge in [-0.15, -0.1) is 0 Å². The molecule has 0 aliphatic carbocycles. The maximum absolute atomic E-state index is 5.33. The molecule has 0 aliphatic heterocycles. The molecular formula is C16H22N2O. The van der Waals surface area contributed by atoms with Crippen LogP contribution in [0.4, 0.5) is 5.69 Å². The Labute approximate surface area is 115 Å². The molecule has 0 saturated carbocycles. The van der Waals surface area contributed by atoms with Crippen LogP contribution < -0.4 is 10.2 Å². The molecule has 0 spiro atoms. The maximum atomic E-state index is 5.33. The van der Waals surface area contributed by atoms with Crippen molar-refractivity contribution in [2.24, 2.45) is 0 Å². The summed E-state index contributed by atoms with van der Waals surface area (Å²) in [5, 5.41) is 3.25. The summed E-state index contributed by atoms with van der Waals surface area (Å²) in [7, 11) is 4.08. The Bertz CT molecular complexity index is 516. The first-order valence-corrected chi connectivity index (χ1v) is 6.63. The van der Waals surface area contributed by atoms with Gasteiger partial charge in [0.25, 0.3) is 0 Å². The van der Waals surface area contributed by atoms with Crippen molar-refractivity contribution in [3.63, 3.8) is 0 Å². The van der Waals surface area contributed by atoms with Gasteiger partial charge in [0, 0.05) is 30.9 Å². The number of nitrogens with one attached hydrogen (secondary N) is 1. The number of hydrogen-bond donors (Lipinski definition) is 1. The molecule has 0 saturated heterocycles. The molecule has 1 atom stereocenters. The van der Waals surface area contributed by atoms with Gasteiger partial charge in [0.15, 0.2) is 0 Å². The summed E-state index contributed by atoms with van der Waals surface area (Å²) in [5.74, 6) is 0.993. The first-order chi connectivity index (χ1) is 9.11. The van der Waals surface area contributed by atoms with Crippen molar-refractivity contribution in [1.82, 2.24) is 5.32 Å². The van der Waals surface area contributed by atoms with Gasteiger partial charge in [-0.2, -0.15) is 0 Å². The molecule has 3 nitrogen and oxygen atoms in total. The van der Waals surface area contributed by atoms with Crippen LogP contribution in [0, 0.1) is 6.92 Å². The highest BCUT2D eigenvalue weighted by molar-refractivity contribution is 5.48. The number of benzene rings is 1. The molecule has 19 heavy (non-hydrogen) atoms. The lowest BCUT2D eigenvalue weighted by atomic mass is 10.1. The highest BCUT2D eigenvalue weighted by Crippen LogP contribution is 2.20. The average Bonchev–Trinajstić information content (AvgIpc) is 2.83. The van der Waals surface area contributed by atoms with Gasteiger partial charge in [0.1, 0.15) is 5.76 Å². The minimum Gasteiger partial charge on any atom is -0.469 e. The van der Waals surface area contributed by atoms with Crippen LogP contribution in [0.2, 0.25) is 0 Å². The number of hydrogen-bond acceptors (Lipinski definition) is 3. The standard InChI is InChI=1S/C16H22N2O/c1-12(17-3)14-5-7-16(8-6-14)18(4)11-15-9-10-19-13(15)2/h5-10,12,17H,11H2,1-4H3. The molecule has 1 heterocycles. The molecule has 1 aromatic carbocycles. The third kappa shape index (κ3) is 3.18. The van der Waals surface area contributed by atoms with Gasteiger partial charge in [-0.05, 0) is 44.7 Å². The summed E-state index contributed by atoms with van der Waals surface area (Å²) in [4.78, 5) is 2.23. The second-order valence-corrected chi connectivity index (χ2v) is 4.96. The van der Waals surface area contributed by atoms with E-state index >= 15 is 0 Å². The van der Waals surface area contributed by atoms with E-state index in [-0.39, 0.29) is 0 Å². The summed E-state index contributed by atoms with van der Waals surface area (Å²) < 4.78 is 5.33. The highest BCUT2D eigenvalue weighted by Gasteiger charge is 2.07. The predicted octanol–water partition coefficient (Wildman–Crippen LogP) is 3.50. The van der Waals surface area contributed by atoms with Gasteiger partial charge in [-0.3, -0.25) is 0 Å². The van der Waals surface area contributed by atoms with E-state index in [4.69, 9.17) is 4.42 Å². The minimum absolute atomic E-state index is 0.385. The molecule has 0 bridgehead atoms. The lowest BCUT2D eigenvalue weighted by Crippen LogP contribution is -2.17. The van der Waals surface area contributed by atoms with Gasteiger partial charge in [0.05, 0.1) is 6.26 Å². The summed E-state index contributed by atoms with van der Waals surface area (Å²) >= 11 is 0. The molecule has 2 aromatic rings. The third-order valence-electron chi connectivity index (χ3n) is 3.64. The lowest BCUT2D eigenvalue weighted by Gasteiger charge is -2.20. The first-order valence-electron chi connectivity index (χ1n) is 6.63. The number of furan rings is 1. The van der Waals surface area contributed by atoms with E-state index in [9.17, 15) is 0 Å². The van der Waals surface area contributed by atoms with Gasteiger partial charge in [0.2, 0.25) is 0 Å². The fraction of sp³-hybridized carbons (Fsp3) is 0.375. The summed E-state index contributed by atoms with van der Waals surface area (Å²) in [6.07, 6.45) is 1.75. The Balaban J connectivity index is 2.07. The van der Waals surface area contributed by atoms with E-state index in [0.29, 0.717) is 6.04 Å². The topological polar surface area (TPSA) is 28.4 Å². The molecule has 0 radical (unpaired) electrons. The number of aryl methyl sites for hydroxylation is 1. The Hall–Kier alpha value is -1.74. The van der Waals surface area contributed by atoms with E-state index < -0.39 is 0 Å². The predicted molar refractivity (Wildman–Crippen MR) is 79.5 cm³/mol. The Kier molecular flexibility index (Phi) is 4.27. The summed E-state index contributed by atoms with van der Waals surface area (Å²) in [6.45, 7) is 5.03. The monoisotopic (exact) mass is 258 g/mol. The van der Waals surface area contributed by atoms with Crippen molar-refractivity contribution < 1.29 is 4.42 Å². The van der Waals surface area contributed by atoms with Crippen molar-refractivity contribution >= 4 is 5.69 Å². The molecule has 1 aromatic heterocycles. The van der Waals surface area contributed by atoms with Crippen molar-refractivity contribution in [3.8, 4) is 0 Å². The van der Waals surface area contributed by atoms with Crippen molar-refractivity contribution in [1.29, 1.82) is 0 Å². The zero-order chi connectivity index (χ0) is 13.8. The van der Waals surface area contributed by atoms with Crippen LogP contribution in [0.5, 0.6) is 0 Å². The van der Waals surface area contributed by atoms with Crippen LogP contribution >= 0.6 is 0 Å². The zero-order valence-electron chi connectivity index (χ0n) is 12.1. The molecular weight excluding hydrogens is 236 g/mol. The van der Waals surface area contributed by atoms with Crippen molar-refractivity contribution in [2.45, 2.75) is 26.4 Å². The molecule has 3 heteroatoms. The SMILES string of the molecule is CNC(C)c1ccc(N(C)Cc2ccoc2C)cc1. The molecule has 0 amide bonds. The van der Waals surface area contributed by atoms with Gasteiger partial charge in [-0.25, -0.2) is 0 Å². The molecule has 1 N–H and O–H groups in total. The molecule has 102 valence electrons. The van der Waals surface area contributed by atoms with E-state index in [0.717, 1.165) is 12.3 Å². The largest absolute Gasteiger partial charge is 0.469 e. The van der Waals surface area contributed by atoms with Crippen LogP contribution in [0.1, 0.15) is 29.9 Å². The van der Waals surface area contributed by atoms with Crippen LogP contribution in [0.15, 0.2) is 41.0 Å². The van der Waals surface area contributed by atoms with E-state index in [1.165, 1.54) is 16.8 Å². The van der Waals surface area contributed by atoms with E-state index in [1.807, 2.05) is 20.0 Å². The lowest BCUT2D eigenvalue weighted by molar-refractivity contribution is 0.529. The fourth-order valence-corrected chi connectivity index (χ4v) is 2.11. The quantitative estimate of drug-likeness (QED) is 0.889. The third-order valence-corrected chi connectivity index (χ3v) is 3.64. The minimum atomic E-state index is 0.385. The second-order valence-electron chi connectivity index (χ2n) is 4.96. The second kappa shape index (κ2) is 5.93. The molecule has 2 rings (SSSR count). The first kappa shape index (κ1) is 13.7. The van der Waals surface area contributed by atoms with Crippen molar-refractivity contribution in [2.75, 3.05) is 19.0 Å². The Morgan fingerprint density at radius 1 is 1.21 bits per heavy atom. The Morgan fingerprint density at radius 3 is 2.42 bits per heavy atom. The van der Waals surface area contributed by atoms with E-state index in [2.05, 4.69) is 48.5 Å². The molecule has 0 aliphatic rings. The number of anilines is 1. The normalized spacial score (nSPS) is 12.4. The van der Waals surface area contributed by atoms with Gasteiger partial charge >= 0.3 is 0 Å². The molecule has 1 unspecified atom stereocenters. The van der Waals surface area contributed by atoms with Gasteiger partial charge < -0.3 is 14.6 Å². The number of rotatable bonds is 5. The highest BCUT2D eigenvalue weighted by atomic mass is 16.3. The summed E-state index contributed by atoms with van der Waals surface area (Å²) in [6, 6.07) is 11.1.